The van der Waals surface area contributed by atoms with Crippen molar-refractivity contribution in [2.45, 2.75) is 78.1 Å². The van der Waals surface area contributed by atoms with Gasteiger partial charge in [0, 0.05) is 0 Å². The van der Waals surface area contributed by atoms with Crippen LogP contribution in [-0.2, 0) is 16.6 Å². The van der Waals surface area contributed by atoms with Gasteiger partial charge in [-0.25, -0.2) is 0 Å². The van der Waals surface area contributed by atoms with Crippen LogP contribution in [0.15, 0.2) is 12.1 Å². The fourth-order valence-electron chi connectivity index (χ4n) is 5.45. The predicted molar refractivity (Wildman–Crippen MR) is 94.0 cm³/mol. The van der Waals surface area contributed by atoms with E-state index in [0.717, 1.165) is 36.8 Å². The molecule has 0 aromatic heterocycles. The molecule has 1 aromatic rings. The first-order chi connectivity index (χ1) is 10.7. The smallest absolute Gasteiger partial charge is 0.140 e. The molecule has 0 unspecified atom stereocenters. The highest BCUT2D eigenvalue weighted by Gasteiger charge is 2.55. The molecular formula is C21H30O2. The van der Waals surface area contributed by atoms with Gasteiger partial charge >= 0.3 is 0 Å². The Morgan fingerprint density at radius 2 is 1.96 bits per heavy atom. The van der Waals surface area contributed by atoms with Gasteiger partial charge in [0.25, 0.3) is 0 Å². The van der Waals surface area contributed by atoms with Crippen LogP contribution >= 0.6 is 0 Å². The summed E-state index contributed by atoms with van der Waals surface area (Å²) in [7, 11) is 0. The summed E-state index contributed by atoms with van der Waals surface area (Å²) >= 11 is 0. The molecule has 0 amide bonds. The zero-order valence-corrected chi connectivity index (χ0v) is 15.2. The molecular weight excluding hydrogens is 284 g/mol. The van der Waals surface area contributed by atoms with Crippen LogP contribution in [0.4, 0.5) is 0 Å². The van der Waals surface area contributed by atoms with Gasteiger partial charge in [0.1, 0.15) is 11.5 Å². The van der Waals surface area contributed by atoms with Gasteiger partial charge in [0.05, 0.1) is 5.41 Å². The Balaban J connectivity index is 2.23. The summed E-state index contributed by atoms with van der Waals surface area (Å²) in [6, 6.07) is 4.09. The molecule has 0 heterocycles. The quantitative estimate of drug-likeness (QED) is 0.823. The lowest BCUT2D eigenvalue weighted by molar-refractivity contribution is -0.130. The first-order valence-corrected chi connectivity index (χ1v) is 9.07. The highest BCUT2D eigenvalue weighted by molar-refractivity contribution is 5.90. The Kier molecular flexibility index (Phi) is 3.85. The standard InChI is InChI=1S/C21H30O2/c1-13(2)16-11-15-7-8-19-20(4,5)9-6-10-21(19,14(3)22)17(15)12-18(16)23/h11-13,19,23H,6-10H2,1-5H3/t19-,21+/m0/s1. The Morgan fingerprint density at radius 3 is 2.57 bits per heavy atom. The predicted octanol–water partition coefficient (Wildman–Crippen LogP) is 5.11. The molecule has 2 atom stereocenters. The van der Waals surface area contributed by atoms with Crippen LogP contribution < -0.4 is 0 Å². The fourth-order valence-corrected chi connectivity index (χ4v) is 5.45. The molecule has 2 aliphatic rings. The third kappa shape index (κ3) is 2.33. The fraction of sp³-hybridized carbons (Fsp3) is 0.667. The van der Waals surface area contributed by atoms with Gasteiger partial charge in [-0.15, -0.1) is 0 Å². The molecule has 1 aromatic carbocycles. The van der Waals surface area contributed by atoms with E-state index < -0.39 is 0 Å². The highest BCUT2D eigenvalue weighted by atomic mass is 16.3. The van der Waals surface area contributed by atoms with Gasteiger partial charge in [-0.3, -0.25) is 4.79 Å². The van der Waals surface area contributed by atoms with Gasteiger partial charge in [-0.1, -0.05) is 40.2 Å². The number of rotatable bonds is 2. The number of hydrogen-bond donors (Lipinski definition) is 1. The SMILES string of the molecule is CC(=O)[C@@]12CCCC(C)(C)[C@@H]1CCc1cc(C(C)C)c(O)cc12. The number of benzene rings is 1. The lowest BCUT2D eigenvalue weighted by Crippen LogP contribution is -2.53. The Bertz CT molecular complexity index is 641. The van der Waals surface area contributed by atoms with Crippen molar-refractivity contribution in [1.82, 2.24) is 0 Å². The highest BCUT2D eigenvalue weighted by Crippen LogP contribution is 2.58. The molecule has 0 bridgehead atoms. The molecule has 3 rings (SSSR count). The number of phenols is 1. The average Bonchev–Trinajstić information content (AvgIpc) is 2.45. The molecule has 0 spiro atoms. The Labute approximate surface area is 140 Å². The van der Waals surface area contributed by atoms with E-state index in [4.69, 9.17) is 0 Å². The Morgan fingerprint density at radius 1 is 1.26 bits per heavy atom. The van der Waals surface area contributed by atoms with Crippen molar-refractivity contribution in [3.63, 3.8) is 0 Å². The van der Waals surface area contributed by atoms with E-state index in [0.29, 0.717) is 17.6 Å². The molecule has 23 heavy (non-hydrogen) atoms. The van der Waals surface area contributed by atoms with Gasteiger partial charge < -0.3 is 5.11 Å². The summed E-state index contributed by atoms with van der Waals surface area (Å²) in [5, 5.41) is 10.5. The van der Waals surface area contributed by atoms with E-state index in [1.54, 1.807) is 6.92 Å². The van der Waals surface area contributed by atoms with Crippen LogP contribution in [0.3, 0.4) is 0 Å². The van der Waals surface area contributed by atoms with Crippen molar-refractivity contribution in [3.05, 3.63) is 28.8 Å². The third-order valence-electron chi connectivity index (χ3n) is 6.62. The molecule has 126 valence electrons. The summed E-state index contributed by atoms with van der Waals surface area (Å²) in [6.07, 6.45) is 5.33. The van der Waals surface area contributed by atoms with E-state index in [1.807, 2.05) is 6.07 Å². The molecule has 0 aliphatic heterocycles. The number of carbonyl (C=O) groups is 1. The van der Waals surface area contributed by atoms with Crippen LogP contribution in [0.2, 0.25) is 0 Å². The molecule has 0 radical (unpaired) electrons. The molecule has 2 aliphatic carbocycles. The first-order valence-electron chi connectivity index (χ1n) is 9.07. The second kappa shape index (κ2) is 5.36. The normalized spacial score (nSPS) is 29.0. The number of aromatic hydroxyl groups is 1. The van der Waals surface area contributed by atoms with Crippen molar-refractivity contribution in [1.29, 1.82) is 0 Å². The van der Waals surface area contributed by atoms with Crippen molar-refractivity contribution < 1.29 is 9.90 Å². The van der Waals surface area contributed by atoms with Gasteiger partial charge in [0.2, 0.25) is 0 Å². The van der Waals surface area contributed by atoms with Crippen LogP contribution in [0.1, 0.15) is 82.9 Å². The second-order valence-corrected chi connectivity index (χ2v) is 8.68. The molecule has 1 N–H and O–H groups in total. The molecule has 0 saturated heterocycles. The van der Waals surface area contributed by atoms with Crippen molar-refractivity contribution >= 4 is 5.78 Å². The lowest BCUT2D eigenvalue weighted by Gasteiger charge is -2.54. The van der Waals surface area contributed by atoms with Crippen LogP contribution in [-0.4, -0.2) is 10.9 Å². The van der Waals surface area contributed by atoms with Crippen LogP contribution in [0.25, 0.3) is 0 Å². The summed E-state index contributed by atoms with van der Waals surface area (Å²) in [5.74, 6) is 1.34. The monoisotopic (exact) mass is 314 g/mol. The average molecular weight is 314 g/mol. The van der Waals surface area contributed by atoms with Crippen LogP contribution in [0.5, 0.6) is 5.75 Å². The number of carbonyl (C=O) groups excluding carboxylic acids is 1. The van der Waals surface area contributed by atoms with E-state index >= 15 is 0 Å². The zero-order chi connectivity index (χ0) is 17.0. The van der Waals surface area contributed by atoms with Crippen LogP contribution in [0, 0.1) is 11.3 Å². The maximum atomic E-state index is 12.9. The molecule has 2 heteroatoms. The molecule has 1 fully saturated rings. The Hall–Kier alpha value is -1.31. The zero-order valence-electron chi connectivity index (χ0n) is 15.2. The van der Waals surface area contributed by atoms with Gasteiger partial charge in [0.15, 0.2) is 0 Å². The molecule has 2 nitrogen and oxygen atoms in total. The van der Waals surface area contributed by atoms with Crippen molar-refractivity contribution in [2.24, 2.45) is 11.3 Å². The van der Waals surface area contributed by atoms with Gasteiger partial charge in [-0.05, 0) is 72.6 Å². The summed E-state index contributed by atoms with van der Waals surface area (Å²) in [6.45, 7) is 10.6. The third-order valence-corrected chi connectivity index (χ3v) is 6.62. The largest absolute Gasteiger partial charge is 0.508 e. The number of hydrogen-bond acceptors (Lipinski definition) is 2. The van der Waals surface area contributed by atoms with Crippen molar-refractivity contribution in [3.8, 4) is 5.75 Å². The first kappa shape index (κ1) is 16.5. The summed E-state index contributed by atoms with van der Waals surface area (Å²) < 4.78 is 0. The van der Waals surface area contributed by atoms with E-state index in [9.17, 15) is 9.90 Å². The number of fused-ring (bicyclic) bond motifs is 3. The maximum absolute atomic E-state index is 12.9. The maximum Gasteiger partial charge on any atom is 0.140 e. The summed E-state index contributed by atoms with van der Waals surface area (Å²) in [5.41, 5.74) is 3.22. The number of Topliss-reactive ketones (excluding diaryl/α,β-unsaturated/α-hetero) is 1. The lowest BCUT2D eigenvalue weighted by atomic mass is 9.48. The minimum Gasteiger partial charge on any atom is -0.508 e. The van der Waals surface area contributed by atoms with E-state index in [-0.39, 0.29) is 16.6 Å². The van der Waals surface area contributed by atoms with E-state index in [2.05, 4.69) is 33.8 Å². The molecule has 1 saturated carbocycles. The minimum absolute atomic E-state index is 0.188. The summed E-state index contributed by atoms with van der Waals surface area (Å²) in [4.78, 5) is 12.9. The topological polar surface area (TPSA) is 37.3 Å². The second-order valence-electron chi connectivity index (χ2n) is 8.68. The van der Waals surface area contributed by atoms with E-state index in [1.165, 1.54) is 12.0 Å². The number of phenolic OH excluding ortho intramolecular Hbond substituents is 1. The number of ketones is 1. The van der Waals surface area contributed by atoms with Crippen molar-refractivity contribution in [2.75, 3.05) is 0 Å². The number of aryl methyl sites for hydroxylation is 1. The minimum atomic E-state index is -0.387. The van der Waals surface area contributed by atoms with Gasteiger partial charge in [-0.2, -0.15) is 0 Å².